The molecule has 1 aromatic heterocycles. The minimum atomic E-state index is -0.184. The van der Waals surface area contributed by atoms with Crippen LogP contribution in [0, 0.1) is 0 Å². The van der Waals surface area contributed by atoms with Crippen molar-refractivity contribution in [2.24, 2.45) is 0 Å². The molecule has 124 valence electrons. The summed E-state index contributed by atoms with van der Waals surface area (Å²) in [4.78, 5) is 11.6. The summed E-state index contributed by atoms with van der Waals surface area (Å²) in [7, 11) is 0. The highest BCUT2D eigenvalue weighted by Crippen LogP contribution is 2.16. The summed E-state index contributed by atoms with van der Waals surface area (Å²) in [6.45, 7) is 5.58. The minimum absolute atomic E-state index is 0.184. The molecule has 2 aromatic rings. The molecule has 0 fully saturated rings. The van der Waals surface area contributed by atoms with Crippen LogP contribution in [0.15, 0.2) is 36.4 Å². The summed E-state index contributed by atoms with van der Waals surface area (Å²) < 4.78 is 12.5. The monoisotopic (exact) mass is 316 g/mol. The molecule has 0 unspecified atom stereocenters. The van der Waals surface area contributed by atoms with Crippen molar-refractivity contribution in [3.05, 3.63) is 47.7 Å². The number of hydrogen-bond donors (Lipinski definition) is 0. The lowest BCUT2D eigenvalue weighted by molar-refractivity contribution is -0.143. The van der Waals surface area contributed by atoms with Crippen LogP contribution >= 0.6 is 0 Å². The molecule has 0 spiro atoms. The third-order valence-electron chi connectivity index (χ3n) is 3.36. The average Bonchev–Trinajstić information content (AvgIpc) is 2.94. The highest BCUT2D eigenvalue weighted by atomic mass is 16.5. The van der Waals surface area contributed by atoms with Crippen LogP contribution in [-0.4, -0.2) is 29.0 Å². The zero-order chi connectivity index (χ0) is 16.5. The summed E-state index contributed by atoms with van der Waals surface area (Å²) in [5.41, 5.74) is 2.14. The van der Waals surface area contributed by atoms with Gasteiger partial charge in [0.15, 0.2) is 0 Å². The molecule has 1 aromatic carbocycles. The van der Waals surface area contributed by atoms with E-state index >= 15 is 0 Å². The molecule has 0 amide bonds. The maximum atomic E-state index is 11.6. The van der Waals surface area contributed by atoms with E-state index in [-0.39, 0.29) is 5.97 Å². The van der Waals surface area contributed by atoms with Gasteiger partial charge in [-0.1, -0.05) is 37.3 Å². The molecule has 0 N–H and O–H groups in total. The molecule has 23 heavy (non-hydrogen) atoms. The van der Waals surface area contributed by atoms with Crippen LogP contribution in [-0.2, 0) is 22.5 Å². The van der Waals surface area contributed by atoms with E-state index < -0.39 is 0 Å². The third kappa shape index (κ3) is 5.43. The fraction of sp³-hybridized carbons (Fsp3) is 0.444. The number of esters is 1. The molecule has 5 heteroatoms. The lowest BCUT2D eigenvalue weighted by Gasteiger charge is -2.07. The van der Waals surface area contributed by atoms with Gasteiger partial charge in [-0.25, -0.2) is 0 Å². The zero-order valence-corrected chi connectivity index (χ0v) is 13.8. The van der Waals surface area contributed by atoms with Gasteiger partial charge in [0, 0.05) is 11.8 Å². The second kappa shape index (κ2) is 8.98. The van der Waals surface area contributed by atoms with E-state index in [1.165, 1.54) is 0 Å². The maximum Gasteiger partial charge on any atom is 0.306 e. The second-order valence-corrected chi connectivity index (χ2v) is 5.27. The summed E-state index contributed by atoms with van der Waals surface area (Å²) in [5, 5.41) is 4.51. The zero-order valence-electron chi connectivity index (χ0n) is 13.8. The van der Waals surface area contributed by atoms with Crippen molar-refractivity contribution in [1.82, 2.24) is 9.78 Å². The summed E-state index contributed by atoms with van der Waals surface area (Å²) in [6.07, 6.45) is 1.87. The average molecular weight is 316 g/mol. The molecule has 2 rings (SSSR count). The number of carbonyl (C=O) groups is 1. The molecule has 0 saturated carbocycles. The van der Waals surface area contributed by atoms with Gasteiger partial charge in [0.2, 0.25) is 5.88 Å². The molecule has 0 aliphatic rings. The quantitative estimate of drug-likeness (QED) is 0.667. The van der Waals surface area contributed by atoms with Crippen LogP contribution in [0.5, 0.6) is 5.88 Å². The van der Waals surface area contributed by atoms with E-state index in [0.29, 0.717) is 38.5 Å². The summed E-state index contributed by atoms with van der Waals surface area (Å²) >= 11 is 0. The summed E-state index contributed by atoms with van der Waals surface area (Å²) in [5.74, 6) is 0.428. The van der Waals surface area contributed by atoms with Crippen molar-refractivity contribution in [1.29, 1.82) is 0 Å². The first-order valence-corrected chi connectivity index (χ1v) is 8.12. The Hall–Kier alpha value is -2.30. The predicted molar refractivity (Wildman–Crippen MR) is 88.5 cm³/mol. The van der Waals surface area contributed by atoms with Crippen molar-refractivity contribution in [2.45, 2.75) is 39.7 Å². The standard InChI is InChI=1S/C18H24N2O3/c1-3-12-23-17-13-16(10-11-18(21)22-4-2)20(19-17)14-15-8-6-5-7-9-15/h5-9,13H,3-4,10-12,14H2,1-2H3. The van der Waals surface area contributed by atoms with E-state index in [0.717, 1.165) is 17.7 Å². The fourth-order valence-corrected chi connectivity index (χ4v) is 2.26. The number of benzene rings is 1. The molecule has 0 radical (unpaired) electrons. The van der Waals surface area contributed by atoms with Crippen molar-refractivity contribution in [3.8, 4) is 5.88 Å². The van der Waals surface area contributed by atoms with Crippen LogP contribution in [0.4, 0.5) is 0 Å². The summed E-state index contributed by atoms with van der Waals surface area (Å²) in [6, 6.07) is 12.0. The van der Waals surface area contributed by atoms with Crippen molar-refractivity contribution < 1.29 is 14.3 Å². The number of aromatic nitrogens is 2. The van der Waals surface area contributed by atoms with E-state index in [1.807, 2.05) is 35.9 Å². The van der Waals surface area contributed by atoms with Gasteiger partial charge in [-0.2, -0.15) is 0 Å². The van der Waals surface area contributed by atoms with E-state index in [9.17, 15) is 4.79 Å². The van der Waals surface area contributed by atoms with E-state index in [1.54, 1.807) is 0 Å². The Kier molecular flexibility index (Phi) is 6.66. The Morgan fingerprint density at radius 1 is 1.22 bits per heavy atom. The number of rotatable bonds is 9. The molecular formula is C18H24N2O3. The number of hydrogen-bond acceptors (Lipinski definition) is 4. The number of ether oxygens (including phenoxy) is 2. The largest absolute Gasteiger partial charge is 0.477 e. The van der Waals surface area contributed by atoms with E-state index in [4.69, 9.17) is 9.47 Å². The van der Waals surface area contributed by atoms with Gasteiger partial charge in [0.25, 0.3) is 0 Å². The molecule has 0 aliphatic carbocycles. The Balaban J connectivity index is 2.09. The van der Waals surface area contributed by atoms with Gasteiger partial charge in [0.05, 0.1) is 26.2 Å². The number of nitrogens with zero attached hydrogens (tertiary/aromatic N) is 2. The second-order valence-electron chi connectivity index (χ2n) is 5.27. The molecular weight excluding hydrogens is 292 g/mol. The van der Waals surface area contributed by atoms with Gasteiger partial charge in [-0.3, -0.25) is 9.48 Å². The Morgan fingerprint density at radius 2 is 2.00 bits per heavy atom. The molecule has 0 atom stereocenters. The van der Waals surface area contributed by atoms with Crippen LogP contribution < -0.4 is 4.74 Å². The Bertz CT molecular complexity index is 608. The van der Waals surface area contributed by atoms with E-state index in [2.05, 4.69) is 24.2 Å². The third-order valence-corrected chi connectivity index (χ3v) is 3.36. The van der Waals surface area contributed by atoms with Crippen LogP contribution in [0.3, 0.4) is 0 Å². The molecule has 0 saturated heterocycles. The first-order chi connectivity index (χ1) is 11.2. The van der Waals surface area contributed by atoms with Gasteiger partial charge in [-0.05, 0) is 25.3 Å². The number of aryl methyl sites for hydroxylation is 1. The fourth-order valence-electron chi connectivity index (χ4n) is 2.26. The topological polar surface area (TPSA) is 53.4 Å². The maximum absolute atomic E-state index is 11.6. The lowest BCUT2D eigenvalue weighted by atomic mass is 10.2. The van der Waals surface area contributed by atoms with Gasteiger partial charge < -0.3 is 9.47 Å². The smallest absolute Gasteiger partial charge is 0.306 e. The Labute approximate surface area is 137 Å². The first kappa shape index (κ1) is 17.1. The molecule has 0 bridgehead atoms. The normalized spacial score (nSPS) is 10.5. The van der Waals surface area contributed by atoms with Crippen LogP contribution in [0.1, 0.15) is 37.9 Å². The minimum Gasteiger partial charge on any atom is -0.477 e. The van der Waals surface area contributed by atoms with Crippen LogP contribution in [0.2, 0.25) is 0 Å². The van der Waals surface area contributed by atoms with Gasteiger partial charge >= 0.3 is 5.97 Å². The highest BCUT2D eigenvalue weighted by molar-refractivity contribution is 5.69. The van der Waals surface area contributed by atoms with Crippen molar-refractivity contribution >= 4 is 5.97 Å². The van der Waals surface area contributed by atoms with Crippen molar-refractivity contribution in [2.75, 3.05) is 13.2 Å². The SMILES string of the molecule is CCCOc1cc(CCC(=O)OCC)n(Cc2ccccc2)n1. The molecule has 5 nitrogen and oxygen atoms in total. The predicted octanol–water partition coefficient (Wildman–Crippen LogP) is 3.22. The Morgan fingerprint density at radius 3 is 2.70 bits per heavy atom. The van der Waals surface area contributed by atoms with Crippen LogP contribution in [0.25, 0.3) is 0 Å². The lowest BCUT2D eigenvalue weighted by Crippen LogP contribution is -2.10. The van der Waals surface area contributed by atoms with Gasteiger partial charge in [-0.15, -0.1) is 5.10 Å². The molecule has 1 heterocycles. The van der Waals surface area contributed by atoms with Crippen molar-refractivity contribution in [3.63, 3.8) is 0 Å². The molecule has 0 aliphatic heterocycles. The number of carbonyl (C=O) groups excluding carboxylic acids is 1. The first-order valence-electron chi connectivity index (χ1n) is 8.12. The van der Waals surface area contributed by atoms with Gasteiger partial charge in [0.1, 0.15) is 0 Å². The highest BCUT2D eigenvalue weighted by Gasteiger charge is 2.12.